The molecule has 3 heterocycles. The van der Waals surface area contributed by atoms with E-state index >= 15 is 0 Å². The molecule has 0 aliphatic carbocycles. The number of nitrogens with zero attached hydrogens (tertiary/aromatic N) is 2. The zero-order valence-electron chi connectivity index (χ0n) is 18.3. The van der Waals surface area contributed by atoms with Crippen molar-refractivity contribution in [3.8, 4) is 17.2 Å². The molecule has 1 fully saturated rings. The number of Topliss-reactive ketones (excluding diaryl/α,β-unsaturated/α-hetero) is 1. The minimum absolute atomic E-state index is 0.102. The second-order valence-electron chi connectivity index (χ2n) is 8.27. The normalized spacial score (nSPS) is 19.9. The number of fused-ring (bicyclic) bond motifs is 3. The molecular formula is C25H28N2O5. The first kappa shape index (κ1) is 21.0. The lowest BCUT2D eigenvalue weighted by atomic mass is 10.0. The molecule has 3 aliphatic heterocycles. The molecule has 0 saturated carbocycles. The third kappa shape index (κ3) is 4.37. The number of morpholine rings is 1. The molecule has 7 nitrogen and oxygen atoms in total. The van der Waals surface area contributed by atoms with Crippen LogP contribution in [0, 0.1) is 0 Å². The van der Waals surface area contributed by atoms with Gasteiger partial charge in [0.25, 0.3) is 0 Å². The van der Waals surface area contributed by atoms with Gasteiger partial charge in [-0.3, -0.25) is 14.6 Å². The van der Waals surface area contributed by atoms with Gasteiger partial charge < -0.3 is 18.9 Å². The van der Waals surface area contributed by atoms with Crippen LogP contribution < -0.4 is 14.2 Å². The molecule has 0 aromatic heterocycles. The third-order valence-electron chi connectivity index (χ3n) is 6.13. The van der Waals surface area contributed by atoms with E-state index < -0.39 is 0 Å². The highest BCUT2D eigenvalue weighted by molar-refractivity contribution is 6.15. The van der Waals surface area contributed by atoms with E-state index in [9.17, 15) is 4.79 Å². The van der Waals surface area contributed by atoms with E-state index in [2.05, 4.69) is 9.80 Å². The number of ketones is 1. The second kappa shape index (κ2) is 9.32. The lowest BCUT2D eigenvalue weighted by molar-refractivity contribution is 0.0329. The fourth-order valence-corrected chi connectivity index (χ4v) is 4.37. The average Bonchev–Trinajstić information content (AvgIpc) is 3.15. The first-order chi connectivity index (χ1) is 15.7. The summed E-state index contributed by atoms with van der Waals surface area (Å²) in [4.78, 5) is 17.7. The van der Waals surface area contributed by atoms with Crippen molar-refractivity contribution in [3.05, 3.63) is 58.8 Å². The van der Waals surface area contributed by atoms with Crippen molar-refractivity contribution in [3.63, 3.8) is 0 Å². The smallest absolute Gasteiger partial charge is 0.231 e. The van der Waals surface area contributed by atoms with Gasteiger partial charge >= 0.3 is 0 Å². The molecule has 0 N–H and O–H groups in total. The van der Waals surface area contributed by atoms with Gasteiger partial charge in [0.1, 0.15) is 24.0 Å². The Hall–Kier alpha value is -2.87. The molecule has 0 atom stereocenters. The fourth-order valence-electron chi connectivity index (χ4n) is 4.37. The summed E-state index contributed by atoms with van der Waals surface area (Å²) in [6.45, 7) is 6.91. The van der Waals surface area contributed by atoms with E-state index in [4.69, 9.17) is 18.9 Å². The number of hydrogen-bond acceptors (Lipinski definition) is 7. The Morgan fingerprint density at radius 2 is 1.94 bits per heavy atom. The Morgan fingerprint density at radius 3 is 2.78 bits per heavy atom. The van der Waals surface area contributed by atoms with Crippen molar-refractivity contribution in [2.75, 3.05) is 53.2 Å². The van der Waals surface area contributed by atoms with E-state index in [1.165, 1.54) is 0 Å². The Labute approximate surface area is 188 Å². The van der Waals surface area contributed by atoms with Crippen LogP contribution in [0.4, 0.5) is 0 Å². The predicted octanol–water partition coefficient (Wildman–Crippen LogP) is 3.19. The first-order valence-electron chi connectivity index (χ1n) is 11.1. The number of benzene rings is 2. The van der Waals surface area contributed by atoms with Crippen LogP contribution in [0.2, 0.25) is 0 Å². The highest BCUT2D eigenvalue weighted by Gasteiger charge is 2.33. The van der Waals surface area contributed by atoms with E-state index in [1.54, 1.807) is 19.3 Å². The minimum atomic E-state index is -0.102. The van der Waals surface area contributed by atoms with Crippen LogP contribution >= 0.6 is 0 Å². The van der Waals surface area contributed by atoms with Crippen LogP contribution in [-0.4, -0.2) is 68.8 Å². The van der Waals surface area contributed by atoms with Gasteiger partial charge in [-0.1, -0.05) is 12.1 Å². The van der Waals surface area contributed by atoms with Gasteiger partial charge in [0.05, 0.1) is 31.5 Å². The van der Waals surface area contributed by atoms with Gasteiger partial charge in [-0.15, -0.1) is 0 Å². The number of methoxy groups -OCH3 is 1. The van der Waals surface area contributed by atoms with E-state index in [1.807, 2.05) is 30.3 Å². The summed E-state index contributed by atoms with van der Waals surface area (Å²) in [7, 11) is 1.62. The van der Waals surface area contributed by atoms with Crippen LogP contribution in [0.15, 0.2) is 42.2 Å². The van der Waals surface area contributed by atoms with Gasteiger partial charge in [0.15, 0.2) is 5.76 Å². The number of rotatable bonds is 6. The molecule has 7 heteroatoms. The molecular weight excluding hydrogens is 408 g/mol. The quantitative estimate of drug-likeness (QED) is 0.645. The highest BCUT2D eigenvalue weighted by atomic mass is 16.5. The molecule has 0 amide bonds. The van der Waals surface area contributed by atoms with Gasteiger partial charge in [-0.25, -0.2) is 0 Å². The first-order valence-corrected chi connectivity index (χ1v) is 11.1. The Kier molecular flexibility index (Phi) is 6.12. The molecule has 2 aromatic rings. The summed E-state index contributed by atoms with van der Waals surface area (Å²) in [5.74, 6) is 2.38. The SMILES string of the molecule is COc1cccc(/C=C2\Oc3c(ccc4c3CN(CCCN3CCOCC3)CO4)C2=O)c1. The van der Waals surface area contributed by atoms with E-state index in [0.717, 1.165) is 68.4 Å². The molecule has 0 unspecified atom stereocenters. The van der Waals surface area contributed by atoms with Crippen LogP contribution in [-0.2, 0) is 11.3 Å². The zero-order valence-corrected chi connectivity index (χ0v) is 18.3. The molecule has 168 valence electrons. The van der Waals surface area contributed by atoms with Crippen molar-refractivity contribution in [2.24, 2.45) is 0 Å². The largest absolute Gasteiger partial charge is 0.497 e. The van der Waals surface area contributed by atoms with Crippen molar-refractivity contribution >= 4 is 11.9 Å². The maximum atomic E-state index is 13.0. The van der Waals surface area contributed by atoms with Crippen molar-refractivity contribution in [1.29, 1.82) is 0 Å². The molecule has 32 heavy (non-hydrogen) atoms. The average molecular weight is 437 g/mol. The Morgan fingerprint density at radius 1 is 1.09 bits per heavy atom. The number of allylic oxidation sites excluding steroid dienone is 1. The lowest BCUT2D eigenvalue weighted by Crippen LogP contribution is -2.39. The number of hydrogen-bond donors (Lipinski definition) is 0. The molecule has 0 radical (unpaired) electrons. The summed E-state index contributed by atoms with van der Waals surface area (Å²) in [6, 6.07) is 11.2. The van der Waals surface area contributed by atoms with Crippen molar-refractivity contribution in [1.82, 2.24) is 9.80 Å². The zero-order chi connectivity index (χ0) is 21.9. The summed E-state index contributed by atoms with van der Waals surface area (Å²) >= 11 is 0. The number of carbonyl (C=O) groups excluding carboxylic acids is 1. The molecule has 3 aliphatic rings. The van der Waals surface area contributed by atoms with Crippen LogP contribution in [0.1, 0.15) is 27.9 Å². The maximum Gasteiger partial charge on any atom is 0.231 e. The second-order valence-corrected chi connectivity index (χ2v) is 8.27. The number of carbonyl (C=O) groups is 1. The van der Waals surface area contributed by atoms with Gasteiger partial charge in [0, 0.05) is 26.2 Å². The molecule has 0 bridgehead atoms. The standard InChI is InChI=1S/C25H28N2O5/c1-29-19-5-2-4-18(14-19)15-23-24(28)20-6-7-22-21(25(20)32-23)16-27(17-31-22)9-3-8-26-10-12-30-13-11-26/h2,4-7,14-15H,3,8-13,16-17H2,1H3/b23-15-. The summed E-state index contributed by atoms with van der Waals surface area (Å²) in [6.07, 6.45) is 2.83. The monoisotopic (exact) mass is 436 g/mol. The third-order valence-corrected chi connectivity index (χ3v) is 6.13. The minimum Gasteiger partial charge on any atom is -0.497 e. The van der Waals surface area contributed by atoms with Gasteiger partial charge in [0.2, 0.25) is 5.78 Å². The van der Waals surface area contributed by atoms with Crippen molar-refractivity contribution < 1.29 is 23.7 Å². The van der Waals surface area contributed by atoms with Crippen LogP contribution in [0.3, 0.4) is 0 Å². The lowest BCUT2D eigenvalue weighted by Gasteiger charge is -2.31. The Balaban J connectivity index is 1.29. The number of ether oxygens (including phenoxy) is 4. The fraction of sp³-hybridized carbons (Fsp3) is 0.400. The maximum absolute atomic E-state index is 13.0. The predicted molar refractivity (Wildman–Crippen MR) is 120 cm³/mol. The highest BCUT2D eigenvalue weighted by Crippen LogP contribution is 2.42. The van der Waals surface area contributed by atoms with Crippen molar-refractivity contribution in [2.45, 2.75) is 13.0 Å². The summed E-state index contributed by atoms with van der Waals surface area (Å²) in [5, 5.41) is 0. The topological polar surface area (TPSA) is 60.5 Å². The van der Waals surface area contributed by atoms with Gasteiger partial charge in [-0.05, 0) is 48.9 Å². The van der Waals surface area contributed by atoms with Gasteiger partial charge in [-0.2, -0.15) is 0 Å². The molecule has 1 saturated heterocycles. The van der Waals surface area contributed by atoms with Crippen LogP contribution in [0.5, 0.6) is 17.2 Å². The van der Waals surface area contributed by atoms with E-state index in [-0.39, 0.29) is 5.78 Å². The molecule has 0 spiro atoms. The van der Waals surface area contributed by atoms with E-state index in [0.29, 0.717) is 30.3 Å². The molecule has 2 aromatic carbocycles. The molecule has 5 rings (SSSR count). The van der Waals surface area contributed by atoms with Crippen LogP contribution in [0.25, 0.3) is 6.08 Å². The Bertz CT molecular complexity index is 1030. The summed E-state index contributed by atoms with van der Waals surface area (Å²) < 4.78 is 22.8. The summed E-state index contributed by atoms with van der Waals surface area (Å²) in [5.41, 5.74) is 2.40.